The number of carbonyl (C=O) groups is 1. The SMILES string of the molecule is CC1C(C)C1C(N)=O. The Morgan fingerprint density at radius 1 is 1.38 bits per heavy atom. The lowest BCUT2D eigenvalue weighted by Crippen LogP contribution is -2.14. The van der Waals surface area contributed by atoms with Gasteiger partial charge in [-0.15, -0.1) is 0 Å². The van der Waals surface area contributed by atoms with Crippen LogP contribution in [0.25, 0.3) is 0 Å². The zero-order valence-electron chi connectivity index (χ0n) is 5.22. The summed E-state index contributed by atoms with van der Waals surface area (Å²) in [4.78, 5) is 10.4. The minimum Gasteiger partial charge on any atom is -0.369 e. The highest BCUT2D eigenvalue weighted by molar-refractivity contribution is 5.80. The van der Waals surface area contributed by atoms with Crippen LogP contribution in [-0.4, -0.2) is 5.91 Å². The van der Waals surface area contributed by atoms with Gasteiger partial charge < -0.3 is 5.73 Å². The van der Waals surface area contributed by atoms with E-state index in [4.69, 9.17) is 5.73 Å². The lowest BCUT2D eigenvalue weighted by molar-refractivity contribution is -0.119. The van der Waals surface area contributed by atoms with Gasteiger partial charge in [0.2, 0.25) is 5.91 Å². The maximum absolute atomic E-state index is 10.4. The van der Waals surface area contributed by atoms with E-state index in [1.165, 1.54) is 0 Å². The maximum Gasteiger partial charge on any atom is 0.221 e. The summed E-state index contributed by atoms with van der Waals surface area (Å²) in [6.45, 7) is 4.11. The Labute approximate surface area is 49.1 Å². The first-order valence-corrected chi connectivity index (χ1v) is 2.94. The van der Waals surface area contributed by atoms with Crippen molar-refractivity contribution >= 4 is 5.91 Å². The molecule has 1 rings (SSSR count). The highest BCUT2D eigenvalue weighted by Gasteiger charge is 2.46. The van der Waals surface area contributed by atoms with E-state index in [2.05, 4.69) is 13.8 Å². The Morgan fingerprint density at radius 3 is 1.75 bits per heavy atom. The van der Waals surface area contributed by atoms with Crippen LogP contribution >= 0.6 is 0 Å². The van der Waals surface area contributed by atoms with Gasteiger partial charge in [-0.25, -0.2) is 0 Å². The summed E-state index contributed by atoms with van der Waals surface area (Å²) in [6.07, 6.45) is 0. The van der Waals surface area contributed by atoms with Crippen molar-refractivity contribution in [3.63, 3.8) is 0 Å². The molecule has 1 fully saturated rings. The number of amides is 1. The Bertz CT molecular complexity index is 114. The lowest BCUT2D eigenvalue weighted by atomic mass is 10.3. The van der Waals surface area contributed by atoms with Crippen LogP contribution in [0.2, 0.25) is 0 Å². The monoisotopic (exact) mass is 113 g/mol. The molecule has 2 N–H and O–H groups in total. The zero-order valence-corrected chi connectivity index (χ0v) is 5.22. The smallest absolute Gasteiger partial charge is 0.221 e. The van der Waals surface area contributed by atoms with Crippen LogP contribution in [0, 0.1) is 17.8 Å². The molecule has 0 spiro atoms. The topological polar surface area (TPSA) is 43.1 Å². The van der Waals surface area contributed by atoms with Crippen molar-refractivity contribution < 1.29 is 4.79 Å². The molecule has 2 heteroatoms. The third-order valence-electron chi connectivity index (χ3n) is 2.15. The molecule has 46 valence electrons. The molecule has 1 aliphatic carbocycles. The number of hydrogen-bond donors (Lipinski definition) is 1. The molecule has 2 nitrogen and oxygen atoms in total. The summed E-state index contributed by atoms with van der Waals surface area (Å²) in [5.41, 5.74) is 5.04. The molecule has 1 aliphatic rings. The van der Waals surface area contributed by atoms with Crippen molar-refractivity contribution in [1.29, 1.82) is 0 Å². The first-order valence-electron chi connectivity index (χ1n) is 2.94. The minimum absolute atomic E-state index is 0.134. The Balaban J connectivity index is 2.44. The van der Waals surface area contributed by atoms with Gasteiger partial charge in [-0.1, -0.05) is 13.8 Å². The molecule has 1 amide bonds. The first-order chi connectivity index (χ1) is 3.64. The normalized spacial score (nSPS) is 44.0. The highest BCUT2D eigenvalue weighted by Crippen LogP contribution is 2.44. The standard InChI is InChI=1S/C6H11NO/c1-3-4(2)5(3)6(7)8/h3-5H,1-2H3,(H2,7,8). The van der Waals surface area contributed by atoms with Crippen LogP contribution in [0.5, 0.6) is 0 Å². The highest BCUT2D eigenvalue weighted by atomic mass is 16.1. The van der Waals surface area contributed by atoms with Crippen molar-refractivity contribution in [3.05, 3.63) is 0 Å². The van der Waals surface area contributed by atoms with Gasteiger partial charge >= 0.3 is 0 Å². The zero-order chi connectivity index (χ0) is 6.31. The predicted molar refractivity (Wildman–Crippen MR) is 31.0 cm³/mol. The van der Waals surface area contributed by atoms with Crippen molar-refractivity contribution in [2.45, 2.75) is 13.8 Å². The maximum atomic E-state index is 10.4. The molecule has 2 atom stereocenters. The lowest BCUT2D eigenvalue weighted by Gasteiger charge is -1.82. The van der Waals surface area contributed by atoms with E-state index < -0.39 is 0 Å². The van der Waals surface area contributed by atoms with E-state index in [0.29, 0.717) is 11.8 Å². The van der Waals surface area contributed by atoms with Crippen LogP contribution in [0.3, 0.4) is 0 Å². The molecule has 2 unspecified atom stereocenters. The second-order valence-electron chi connectivity index (χ2n) is 2.65. The summed E-state index contributed by atoms with van der Waals surface area (Å²) >= 11 is 0. The summed E-state index contributed by atoms with van der Waals surface area (Å²) in [5, 5.41) is 0. The number of rotatable bonds is 1. The molecule has 0 aromatic rings. The van der Waals surface area contributed by atoms with Gasteiger partial charge in [0.1, 0.15) is 0 Å². The molecule has 0 bridgehead atoms. The largest absolute Gasteiger partial charge is 0.369 e. The molecule has 8 heavy (non-hydrogen) atoms. The van der Waals surface area contributed by atoms with E-state index in [1.807, 2.05) is 0 Å². The van der Waals surface area contributed by atoms with E-state index in [1.54, 1.807) is 0 Å². The summed E-state index contributed by atoms with van der Waals surface area (Å²) in [6, 6.07) is 0. The van der Waals surface area contributed by atoms with Crippen LogP contribution in [-0.2, 0) is 4.79 Å². The van der Waals surface area contributed by atoms with Gasteiger partial charge in [-0.2, -0.15) is 0 Å². The van der Waals surface area contributed by atoms with Gasteiger partial charge in [-0.3, -0.25) is 4.79 Å². The van der Waals surface area contributed by atoms with Crippen molar-refractivity contribution in [2.24, 2.45) is 23.5 Å². The van der Waals surface area contributed by atoms with Crippen molar-refractivity contribution in [3.8, 4) is 0 Å². The number of nitrogens with two attached hydrogens (primary N) is 1. The van der Waals surface area contributed by atoms with Gasteiger partial charge in [0.25, 0.3) is 0 Å². The van der Waals surface area contributed by atoms with Crippen LogP contribution < -0.4 is 5.73 Å². The molecule has 0 aliphatic heterocycles. The number of primary amides is 1. The first kappa shape index (κ1) is 5.60. The van der Waals surface area contributed by atoms with Gasteiger partial charge in [0.15, 0.2) is 0 Å². The fourth-order valence-electron chi connectivity index (χ4n) is 1.18. The van der Waals surface area contributed by atoms with Crippen LogP contribution in [0.15, 0.2) is 0 Å². The van der Waals surface area contributed by atoms with Crippen molar-refractivity contribution in [2.75, 3.05) is 0 Å². The minimum atomic E-state index is -0.134. The predicted octanol–water partition coefficient (Wildman–Crippen LogP) is 0.374. The average molecular weight is 113 g/mol. The molecule has 0 saturated heterocycles. The van der Waals surface area contributed by atoms with E-state index in [9.17, 15) is 4.79 Å². The summed E-state index contributed by atoms with van der Waals surface area (Å²) < 4.78 is 0. The number of carbonyl (C=O) groups excluding carboxylic acids is 1. The Hall–Kier alpha value is -0.530. The second-order valence-corrected chi connectivity index (χ2v) is 2.65. The molecule has 0 aromatic heterocycles. The van der Waals surface area contributed by atoms with Crippen molar-refractivity contribution in [1.82, 2.24) is 0 Å². The van der Waals surface area contributed by atoms with E-state index >= 15 is 0 Å². The van der Waals surface area contributed by atoms with Crippen LogP contribution in [0.1, 0.15) is 13.8 Å². The van der Waals surface area contributed by atoms with Crippen LogP contribution in [0.4, 0.5) is 0 Å². The Morgan fingerprint density at radius 2 is 1.75 bits per heavy atom. The molecular weight excluding hydrogens is 102 g/mol. The summed E-state index contributed by atoms with van der Waals surface area (Å²) in [5.74, 6) is 1.11. The fourth-order valence-corrected chi connectivity index (χ4v) is 1.18. The molecular formula is C6H11NO. The Kier molecular flexibility index (Phi) is 1.03. The third kappa shape index (κ3) is 0.602. The second kappa shape index (κ2) is 1.47. The molecule has 0 heterocycles. The fraction of sp³-hybridized carbons (Fsp3) is 0.833. The van der Waals surface area contributed by atoms with E-state index in [0.717, 1.165) is 0 Å². The molecule has 1 saturated carbocycles. The number of hydrogen-bond acceptors (Lipinski definition) is 1. The van der Waals surface area contributed by atoms with E-state index in [-0.39, 0.29) is 11.8 Å². The third-order valence-corrected chi connectivity index (χ3v) is 2.15. The van der Waals surface area contributed by atoms with Gasteiger partial charge in [-0.05, 0) is 11.8 Å². The quantitative estimate of drug-likeness (QED) is 0.524. The summed E-state index contributed by atoms with van der Waals surface area (Å²) in [7, 11) is 0. The van der Waals surface area contributed by atoms with Gasteiger partial charge in [0, 0.05) is 5.92 Å². The molecule has 0 radical (unpaired) electrons. The van der Waals surface area contributed by atoms with Gasteiger partial charge in [0.05, 0.1) is 0 Å². The average Bonchev–Trinajstić information content (AvgIpc) is 2.15. The molecule has 0 aromatic carbocycles.